The number of aliphatic imine (C=N–C) groups is 2. The zero-order chi connectivity index (χ0) is 108. The van der Waals surface area contributed by atoms with E-state index in [1.54, 1.807) is 5.57 Å². The summed E-state index contributed by atoms with van der Waals surface area (Å²) in [5, 5.41) is 40.4. The third-order valence-corrected chi connectivity index (χ3v) is 51.5. The van der Waals surface area contributed by atoms with Crippen LogP contribution in [0.5, 0.6) is 0 Å². The number of hydrogen-bond acceptors (Lipinski definition) is 19. The highest BCUT2D eigenvalue weighted by molar-refractivity contribution is 5.95. The molecule has 20 aliphatic rings. The zero-order valence-electron chi connectivity index (χ0n) is 98.1. The van der Waals surface area contributed by atoms with Gasteiger partial charge in [-0.15, -0.1) is 0 Å². The number of esters is 1. The van der Waals surface area contributed by atoms with E-state index in [0.29, 0.717) is 138 Å². The Labute approximate surface area is 892 Å². The number of hydrogen-bond donors (Lipinski definition) is 5. The molecule has 0 saturated heterocycles. The molecule has 148 heavy (non-hydrogen) atoms. The van der Waals surface area contributed by atoms with Crippen molar-refractivity contribution in [2.75, 3.05) is 82.8 Å². The van der Waals surface area contributed by atoms with Gasteiger partial charge >= 0.3 is 5.97 Å². The van der Waals surface area contributed by atoms with Gasteiger partial charge in [0.05, 0.1) is 50.7 Å². The van der Waals surface area contributed by atoms with Crippen molar-refractivity contribution < 1.29 is 63.1 Å². The van der Waals surface area contributed by atoms with Crippen molar-refractivity contribution >= 4 is 52.7 Å². The molecule has 1 aromatic rings. The molecular formula is C127H200N8O13. The molecule has 16 fully saturated rings. The van der Waals surface area contributed by atoms with Crippen molar-refractivity contribution in [2.24, 2.45) is 209 Å². The maximum Gasteiger partial charge on any atom is 0.302 e. The van der Waals surface area contributed by atoms with Crippen LogP contribution in [0.2, 0.25) is 0 Å². The quantitative estimate of drug-likeness (QED) is 0.0716. The molecule has 21 nitrogen and oxygen atoms in total. The van der Waals surface area contributed by atoms with E-state index < -0.39 is 11.5 Å². The lowest BCUT2D eigenvalue weighted by Gasteiger charge is -2.63. The first kappa shape index (κ1) is 112. The molecule has 18 aliphatic carbocycles. The lowest BCUT2D eigenvalue weighted by atomic mass is 9.41. The van der Waals surface area contributed by atoms with Crippen LogP contribution in [0.4, 0.5) is 0 Å². The predicted octanol–water partition coefficient (Wildman–Crippen LogP) is 21.3. The first-order chi connectivity index (χ1) is 69.0. The summed E-state index contributed by atoms with van der Waals surface area (Å²) in [4.78, 5) is 114. The fourth-order valence-electron chi connectivity index (χ4n) is 42.7. The Kier molecular flexibility index (Phi) is 29.1. The van der Waals surface area contributed by atoms with Gasteiger partial charge in [0.2, 0.25) is 5.91 Å². The molecule has 2 aliphatic heterocycles. The number of nitrogens with zero attached hydrogens (tertiary/aromatic N) is 6. The van der Waals surface area contributed by atoms with E-state index in [1.165, 1.54) is 38.2 Å². The molecule has 826 valence electrons. The van der Waals surface area contributed by atoms with E-state index in [2.05, 4.69) is 251 Å². The number of benzene rings is 1. The van der Waals surface area contributed by atoms with Crippen LogP contribution < -0.4 is 10.6 Å². The molecule has 1 aromatic carbocycles. The molecule has 0 radical (unpaired) electrons. The summed E-state index contributed by atoms with van der Waals surface area (Å²) in [7, 11) is 17.1. The van der Waals surface area contributed by atoms with E-state index in [1.807, 2.05) is 44.2 Å². The van der Waals surface area contributed by atoms with E-state index in [4.69, 9.17) is 24.2 Å². The van der Waals surface area contributed by atoms with Gasteiger partial charge < -0.3 is 59.8 Å². The minimum absolute atomic E-state index is 0.000382. The van der Waals surface area contributed by atoms with E-state index in [9.17, 15) is 48.9 Å². The van der Waals surface area contributed by atoms with E-state index >= 15 is 0 Å². The number of fused-ring (bicyclic) bond motifs is 16. The highest BCUT2D eigenvalue weighted by Gasteiger charge is 2.89. The first-order valence-corrected chi connectivity index (χ1v) is 59.3. The van der Waals surface area contributed by atoms with Gasteiger partial charge in [0.25, 0.3) is 5.91 Å². The molecule has 21 rings (SSSR count). The van der Waals surface area contributed by atoms with Crippen molar-refractivity contribution in [1.82, 2.24) is 30.2 Å². The largest absolute Gasteiger partial charge is 0.480 e. The average Bonchev–Trinajstić information content (AvgIpc) is 1.45. The van der Waals surface area contributed by atoms with Crippen LogP contribution in [-0.2, 0) is 43.0 Å². The number of nitrogens with one attached hydrogen (secondary N) is 2. The van der Waals surface area contributed by atoms with Gasteiger partial charge in [-0.1, -0.05) is 180 Å². The van der Waals surface area contributed by atoms with Gasteiger partial charge in [0.15, 0.2) is 11.8 Å². The maximum atomic E-state index is 14.6. The number of allylic oxidation sites excluding steroid dienone is 2. The second kappa shape index (κ2) is 38.4. The lowest BCUT2D eigenvalue weighted by Crippen LogP contribution is -2.64. The monoisotopic (exact) mass is 2050 g/mol. The lowest BCUT2D eigenvalue weighted by molar-refractivity contribution is -0.177. The van der Waals surface area contributed by atoms with Crippen LogP contribution in [0.1, 0.15) is 350 Å². The zero-order valence-corrected chi connectivity index (χ0v) is 98.1. The highest BCUT2D eigenvalue weighted by atomic mass is 16.5. The van der Waals surface area contributed by atoms with Crippen LogP contribution in [0, 0.1) is 199 Å². The summed E-state index contributed by atoms with van der Waals surface area (Å²) in [5.74, 6) is 9.67. The number of ether oxygens (including phenoxy) is 3. The van der Waals surface area contributed by atoms with Crippen LogP contribution in [-0.4, -0.2) is 231 Å². The first-order valence-electron chi connectivity index (χ1n) is 59.3. The van der Waals surface area contributed by atoms with Crippen LogP contribution >= 0.6 is 0 Å². The van der Waals surface area contributed by atoms with E-state index in [0.717, 1.165) is 147 Å². The number of amides is 2. The van der Waals surface area contributed by atoms with Gasteiger partial charge in [-0.2, -0.15) is 0 Å². The van der Waals surface area contributed by atoms with Crippen molar-refractivity contribution in [3.63, 3.8) is 0 Å². The predicted molar refractivity (Wildman–Crippen MR) is 587 cm³/mol. The Balaban J connectivity index is 0.000000129. The highest BCUT2D eigenvalue weighted by Crippen LogP contribution is 2.91. The number of ketones is 4. The van der Waals surface area contributed by atoms with Gasteiger partial charge in [-0.3, -0.25) is 43.5 Å². The molecule has 16 unspecified atom stereocenters. The molecule has 2 amide bonds. The van der Waals surface area contributed by atoms with Gasteiger partial charge in [0, 0.05) is 148 Å². The molecular weight excluding hydrogens is 1850 g/mol. The third kappa shape index (κ3) is 16.1. The Morgan fingerprint density at radius 2 is 0.831 bits per heavy atom. The topological polar surface area (TPSA) is 270 Å². The number of rotatable bonds is 17. The Morgan fingerprint density at radius 3 is 1.24 bits per heavy atom. The number of aliphatic hydroxyl groups is 3. The second-order valence-electron chi connectivity index (χ2n) is 59.2. The van der Waals surface area contributed by atoms with Crippen molar-refractivity contribution in [2.45, 2.75) is 401 Å². The van der Waals surface area contributed by atoms with Crippen LogP contribution in [0.25, 0.3) is 0 Å². The smallest absolute Gasteiger partial charge is 0.302 e. The summed E-state index contributed by atoms with van der Waals surface area (Å²) < 4.78 is 18.2. The Morgan fingerprint density at radius 1 is 0.459 bits per heavy atom. The summed E-state index contributed by atoms with van der Waals surface area (Å²) in [6.07, 6.45) is 28.6. The molecule has 16 saturated carbocycles. The fraction of sp³-hybridized carbons (Fsp3) is 0.850. The molecule has 2 heterocycles. The molecule has 0 aromatic heterocycles. The second-order valence-corrected chi connectivity index (χ2v) is 59.2. The summed E-state index contributed by atoms with van der Waals surface area (Å²) in [5.41, 5.74) is 2.06. The Hall–Kier alpha value is -5.55. The molecule has 0 bridgehead atoms. The van der Waals surface area contributed by atoms with Gasteiger partial charge in [-0.05, 0) is 363 Å². The fourth-order valence-corrected chi connectivity index (χ4v) is 42.7. The minimum atomic E-state index is -0.476. The summed E-state index contributed by atoms with van der Waals surface area (Å²) in [6, 6.07) is 11.1. The number of carbonyl (C=O) groups excluding carboxylic acids is 7. The molecule has 4 spiro atoms. The Bertz CT molecular complexity index is 5240. The van der Waals surface area contributed by atoms with Crippen LogP contribution in [0.15, 0.2) is 63.6 Å². The maximum absolute atomic E-state index is 14.6. The van der Waals surface area contributed by atoms with E-state index in [-0.39, 0.29) is 189 Å². The number of carbonyl (C=O) groups is 7. The molecule has 21 heteroatoms. The number of Topliss-reactive ketones (excluding diaryl/α,β-unsaturated/α-hetero) is 4. The van der Waals surface area contributed by atoms with Gasteiger partial charge in [-0.25, -0.2) is 0 Å². The summed E-state index contributed by atoms with van der Waals surface area (Å²) >= 11 is 0. The third-order valence-electron chi connectivity index (χ3n) is 51.5. The van der Waals surface area contributed by atoms with Crippen molar-refractivity contribution in [3.05, 3.63) is 59.2 Å². The van der Waals surface area contributed by atoms with Crippen molar-refractivity contribution in [3.8, 4) is 0 Å². The SMILES string of the molecule is CC(=O)OC[C@@]1(C)C2CCC3[C@]4(C)C[C@@H](C)[C@H](C(C)N(C)C)[C@@]4(C)CC(=O)[C@]34CC24CC[C@@H]1NC(=O)C(C)C.CC(C)C1=N[C@H]2CC=C3CC4C(=O)C[C@]5(C)[C@@H](C(C)N(C)C)[C@H](C)C[C@@]5(C)C4CCC3[C@]2(C)CO1.CC(C)C1=N[C@H]2CC=C3CC4C(=O)C[C@]5(C)[C@@H](C(C)N(C)C)[C@H](O)C[C@@]5(C)C4CCC3[C@]2(C)CO1.CC([C@H]1[C@H](O)C[C@@]2(C)C3CCC4C5(CC[C@H](NC(=O)c6ccccc6)[C@@]4(C)CO)C[C@@]35C(=O)C[C@]12C)N(C)C. The van der Waals surface area contributed by atoms with Crippen LogP contribution in [0.3, 0.4) is 0 Å². The average molecular weight is 2050 g/mol. The molecule has 5 N–H and O–H groups in total. The normalized spacial score (nSPS) is 48.6. The standard InChI is InChI=1S/C33H48N2O4.C33H54N2O4.C31H50N2O2.C30H48N2O3/c1-20(35(5)6)27-22(37)16-30(3)24-13-12-23-29(2,19-36)25(34-28(39)21-10-8-7-9-11-21)14-15-32(23)18-33(24,32)26(38)17-31(27,30)4;1-19(2)28(38)34-25-13-14-32-17-33(32)24(12-11-23(32)29(25,6)18-39-22(5)36)30(7)15-20(3)27(21(4)35(9)10)31(30,8)16-26(33)37;1-18(2)28-32-26-13-10-21-14-22-24(12-11-23(21)29(26,5)17-35-28)30(6)15-19(3)27(20(4)33(8)9)31(30,7)16-25(22)34;1-17(2)27-31-25-12-9-19-13-20-22(11-10-21(19)28(25,4)16-35-27)29(5)15-24(34)26(18(3)32(7)8)30(29,6)14-23(20)33/h7-11,20,22-25,27,36-37H,12-19H2,1-6H3,(H,34,39);19-21,23-25,27H,11-18H2,1-10H3,(H,34,38);10,18-20,22-24,26-27H,11-17H2,1-9H3;9,17-18,20-22,24-26,34H,10-16H2,1-8H3/t20?,22-,23?,24?,25+,27+,29+,30+,31-,32?,33+;20-,21?,23?,24?,25+,27-,29+,30+,31-,32?,33+;19-,20?,22?,23?,24?,26+,27-,29+,30+,31-;18?,20?,21?,22?,24-,25+,26+,28+,29+,30-/m1111/s1. The van der Waals surface area contributed by atoms with Gasteiger partial charge in [0.1, 0.15) is 23.1 Å². The minimum Gasteiger partial charge on any atom is -0.480 e. The molecule has 42 atom stereocenters. The summed E-state index contributed by atoms with van der Waals surface area (Å²) in [6.45, 7) is 58.6. The number of aliphatic hydroxyl groups excluding tert-OH is 3. The van der Waals surface area contributed by atoms with Crippen molar-refractivity contribution in [1.29, 1.82) is 0 Å².